The molecule has 2 aromatic carbocycles. The molecule has 27 heavy (non-hydrogen) atoms. The van der Waals surface area contributed by atoms with Crippen LogP contribution in [0, 0.1) is 0 Å². The van der Waals surface area contributed by atoms with Gasteiger partial charge in [-0.25, -0.2) is 4.79 Å². The van der Waals surface area contributed by atoms with E-state index < -0.39 is 5.97 Å². The zero-order valence-electron chi connectivity index (χ0n) is 15.9. The Kier molecular flexibility index (Phi) is 8.19. The van der Waals surface area contributed by atoms with Crippen molar-refractivity contribution in [1.29, 1.82) is 0 Å². The van der Waals surface area contributed by atoms with Gasteiger partial charge in [0, 0.05) is 25.4 Å². The van der Waals surface area contributed by atoms with Gasteiger partial charge in [0.2, 0.25) is 0 Å². The normalized spacial score (nSPS) is 11.0. The first kappa shape index (κ1) is 20.3. The first-order chi connectivity index (χ1) is 13.2. The van der Waals surface area contributed by atoms with E-state index in [1.807, 2.05) is 48.5 Å². The van der Waals surface area contributed by atoms with Gasteiger partial charge in [-0.05, 0) is 23.3 Å². The van der Waals surface area contributed by atoms with Gasteiger partial charge in [-0.1, -0.05) is 30.3 Å². The van der Waals surface area contributed by atoms with Crippen molar-refractivity contribution in [2.75, 3.05) is 39.8 Å². The SMILES string of the molecule is COC=C(C(=O)OC)c1ccccc1COc1cccc(NCCOC)c1. The number of carbonyl (C=O) groups excluding carboxylic acids is 1. The lowest BCUT2D eigenvalue weighted by Gasteiger charge is -2.13. The van der Waals surface area contributed by atoms with Crippen LogP contribution in [0.5, 0.6) is 5.75 Å². The van der Waals surface area contributed by atoms with Crippen LogP contribution in [0.25, 0.3) is 5.57 Å². The molecule has 0 amide bonds. The van der Waals surface area contributed by atoms with E-state index in [-0.39, 0.29) is 0 Å². The topological polar surface area (TPSA) is 66.0 Å². The maximum Gasteiger partial charge on any atom is 0.341 e. The Morgan fingerprint density at radius 3 is 2.63 bits per heavy atom. The van der Waals surface area contributed by atoms with E-state index in [0.717, 1.165) is 17.0 Å². The molecule has 0 saturated carbocycles. The van der Waals surface area contributed by atoms with Crippen LogP contribution in [-0.4, -0.2) is 40.5 Å². The van der Waals surface area contributed by atoms with Gasteiger partial charge in [0.25, 0.3) is 0 Å². The Bertz CT molecular complexity index is 773. The quantitative estimate of drug-likeness (QED) is 0.299. The lowest BCUT2D eigenvalue weighted by molar-refractivity contribution is -0.133. The van der Waals surface area contributed by atoms with Crippen LogP contribution in [0.2, 0.25) is 0 Å². The Labute approximate surface area is 159 Å². The Hall–Kier alpha value is -2.99. The molecule has 0 saturated heterocycles. The highest BCUT2D eigenvalue weighted by Crippen LogP contribution is 2.24. The summed E-state index contributed by atoms with van der Waals surface area (Å²) in [7, 11) is 4.50. The van der Waals surface area contributed by atoms with Crippen molar-refractivity contribution in [3.63, 3.8) is 0 Å². The molecule has 6 nitrogen and oxygen atoms in total. The first-order valence-corrected chi connectivity index (χ1v) is 8.54. The third-order valence-electron chi connectivity index (χ3n) is 3.81. The molecule has 0 aromatic heterocycles. The van der Waals surface area contributed by atoms with E-state index in [2.05, 4.69) is 5.32 Å². The van der Waals surface area contributed by atoms with Gasteiger partial charge in [-0.15, -0.1) is 0 Å². The Balaban J connectivity index is 2.14. The zero-order valence-corrected chi connectivity index (χ0v) is 15.9. The van der Waals surface area contributed by atoms with Crippen LogP contribution < -0.4 is 10.1 Å². The number of hydrogen-bond acceptors (Lipinski definition) is 6. The fraction of sp³-hybridized carbons (Fsp3) is 0.286. The molecule has 0 spiro atoms. The summed E-state index contributed by atoms with van der Waals surface area (Å²) in [5, 5.41) is 3.26. The molecule has 0 atom stereocenters. The average Bonchev–Trinajstić information content (AvgIpc) is 2.71. The molecule has 144 valence electrons. The van der Waals surface area contributed by atoms with Crippen molar-refractivity contribution in [2.24, 2.45) is 0 Å². The Morgan fingerprint density at radius 2 is 1.89 bits per heavy atom. The second kappa shape index (κ2) is 10.9. The van der Waals surface area contributed by atoms with Crippen LogP contribution in [-0.2, 0) is 25.6 Å². The predicted octanol–water partition coefficient (Wildman–Crippen LogP) is 3.48. The minimum atomic E-state index is -0.464. The number of rotatable bonds is 10. The highest BCUT2D eigenvalue weighted by atomic mass is 16.5. The van der Waals surface area contributed by atoms with Gasteiger partial charge in [-0.3, -0.25) is 0 Å². The summed E-state index contributed by atoms with van der Waals surface area (Å²) in [6.07, 6.45) is 1.38. The van der Waals surface area contributed by atoms with E-state index in [9.17, 15) is 4.79 Å². The zero-order chi connectivity index (χ0) is 19.5. The molecule has 1 N–H and O–H groups in total. The first-order valence-electron chi connectivity index (χ1n) is 8.54. The number of anilines is 1. The standard InChI is InChI=1S/C21H25NO5/c1-24-12-11-22-17-8-6-9-18(13-17)27-14-16-7-4-5-10-19(16)20(15-25-2)21(23)26-3/h4-10,13,15,22H,11-12,14H2,1-3H3. The van der Waals surface area contributed by atoms with Gasteiger partial charge in [0.1, 0.15) is 17.9 Å². The van der Waals surface area contributed by atoms with Crippen molar-refractivity contribution in [2.45, 2.75) is 6.61 Å². The van der Waals surface area contributed by atoms with E-state index in [4.69, 9.17) is 18.9 Å². The Morgan fingerprint density at radius 1 is 1.07 bits per heavy atom. The van der Waals surface area contributed by atoms with Crippen LogP contribution in [0.15, 0.2) is 54.8 Å². The average molecular weight is 371 g/mol. The second-order valence-corrected chi connectivity index (χ2v) is 5.65. The fourth-order valence-corrected chi connectivity index (χ4v) is 2.51. The van der Waals surface area contributed by atoms with Gasteiger partial charge < -0.3 is 24.3 Å². The molecular weight excluding hydrogens is 346 g/mol. The van der Waals surface area contributed by atoms with Gasteiger partial charge in [-0.2, -0.15) is 0 Å². The number of nitrogens with one attached hydrogen (secondary N) is 1. The van der Waals surface area contributed by atoms with Crippen LogP contribution >= 0.6 is 0 Å². The minimum Gasteiger partial charge on any atom is -0.503 e. The highest BCUT2D eigenvalue weighted by molar-refractivity contribution is 6.16. The molecule has 0 bridgehead atoms. The molecule has 0 aliphatic carbocycles. The van der Waals surface area contributed by atoms with E-state index in [1.165, 1.54) is 20.5 Å². The number of ether oxygens (including phenoxy) is 4. The maximum atomic E-state index is 12.1. The second-order valence-electron chi connectivity index (χ2n) is 5.65. The molecule has 0 aliphatic heterocycles. The largest absolute Gasteiger partial charge is 0.503 e. The van der Waals surface area contributed by atoms with E-state index >= 15 is 0 Å². The van der Waals surface area contributed by atoms with Gasteiger partial charge in [0.05, 0.1) is 27.1 Å². The molecule has 0 aliphatic rings. The van der Waals surface area contributed by atoms with Crippen molar-refractivity contribution < 1.29 is 23.7 Å². The molecule has 6 heteroatoms. The monoisotopic (exact) mass is 371 g/mol. The summed E-state index contributed by atoms with van der Waals surface area (Å²) < 4.78 is 20.9. The number of esters is 1. The lowest BCUT2D eigenvalue weighted by Crippen LogP contribution is -2.09. The summed E-state index contributed by atoms with van der Waals surface area (Å²) in [4.78, 5) is 12.1. The van der Waals surface area contributed by atoms with Crippen LogP contribution in [0.1, 0.15) is 11.1 Å². The van der Waals surface area contributed by atoms with Gasteiger partial charge in [0.15, 0.2) is 0 Å². The minimum absolute atomic E-state index is 0.301. The summed E-state index contributed by atoms with van der Waals surface area (Å²) in [6, 6.07) is 15.2. The summed E-state index contributed by atoms with van der Waals surface area (Å²) in [6.45, 7) is 1.64. The van der Waals surface area contributed by atoms with Crippen LogP contribution in [0.4, 0.5) is 5.69 Å². The smallest absolute Gasteiger partial charge is 0.341 e. The summed E-state index contributed by atoms with van der Waals surface area (Å²) in [5.41, 5.74) is 2.85. The molecule has 0 radical (unpaired) electrons. The molecule has 0 fully saturated rings. The van der Waals surface area contributed by atoms with Crippen molar-refractivity contribution in [3.05, 3.63) is 65.9 Å². The predicted molar refractivity (Wildman–Crippen MR) is 105 cm³/mol. The highest BCUT2D eigenvalue weighted by Gasteiger charge is 2.16. The number of hydrogen-bond donors (Lipinski definition) is 1. The summed E-state index contributed by atoms with van der Waals surface area (Å²) >= 11 is 0. The summed E-state index contributed by atoms with van der Waals surface area (Å²) in [5.74, 6) is 0.260. The van der Waals surface area contributed by atoms with E-state index in [0.29, 0.717) is 30.9 Å². The van der Waals surface area contributed by atoms with Crippen molar-refractivity contribution in [1.82, 2.24) is 0 Å². The molecule has 0 unspecified atom stereocenters. The lowest BCUT2D eigenvalue weighted by atomic mass is 10.0. The molecule has 0 heterocycles. The number of carbonyl (C=O) groups is 1. The molecule has 2 aromatic rings. The number of benzene rings is 2. The molecule has 2 rings (SSSR count). The molecular formula is C21H25NO5. The van der Waals surface area contributed by atoms with Crippen molar-refractivity contribution >= 4 is 17.2 Å². The third-order valence-corrected chi connectivity index (χ3v) is 3.81. The van der Waals surface area contributed by atoms with Crippen LogP contribution in [0.3, 0.4) is 0 Å². The maximum absolute atomic E-state index is 12.1. The van der Waals surface area contributed by atoms with Crippen molar-refractivity contribution in [3.8, 4) is 5.75 Å². The number of methoxy groups -OCH3 is 3. The van der Waals surface area contributed by atoms with E-state index in [1.54, 1.807) is 7.11 Å². The van der Waals surface area contributed by atoms with Gasteiger partial charge >= 0.3 is 5.97 Å². The third kappa shape index (κ3) is 6.04. The fourth-order valence-electron chi connectivity index (χ4n) is 2.51.